The summed E-state index contributed by atoms with van der Waals surface area (Å²) in [6, 6.07) is 0.518. The number of carboxylic acid groups (broad SMARTS) is 1. The summed E-state index contributed by atoms with van der Waals surface area (Å²) in [5.41, 5.74) is 0. The van der Waals surface area contributed by atoms with Crippen LogP contribution >= 0.6 is 11.8 Å². The Morgan fingerprint density at radius 2 is 2.05 bits per heavy atom. The van der Waals surface area contributed by atoms with E-state index in [1.54, 1.807) is 4.90 Å². The maximum absolute atomic E-state index is 12.6. The average Bonchev–Trinajstić information content (AvgIpc) is 3.17. The second-order valence-corrected chi connectivity index (χ2v) is 6.85. The third kappa shape index (κ3) is 3.55. The largest absolute Gasteiger partial charge is 0.481 e. The number of carbonyl (C=O) groups excluding carboxylic acids is 1. The first kappa shape index (κ1) is 14.5. The van der Waals surface area contributed by atoms with E-state index in [1.807, 2.05) is 16.7 Å². The van der Waals surface area contributed by atoms with Crippen molar-refractivity contribution in [2.45, 2.75) is 50.4 Å². The summed E-state index contributed by atoms with van der Waals surface area (Å²) in [5, 5.41) is 9.24. The van der Waals surface area contributed by atoms with Gasteiger partial charge in [-0.25, -0.2) is 4.79 Å². The van der Waals surface area contributed by atoms with Gasteiger partial charge in [0.1, 0.15) is 0 Å². The molecule has 1 aliphatic carbocycles. The average molecular weight is 286 g/mol. The Labute approximate surface area is 118 Å². The molecule has 0 aromatic heterocycles. The van der Waals surface area contributed by atoms with Gasteiger partial charge in [0.15, 0.2) is 0 Å². The van der Waals surface area contributed by atoms with Crippen molar-refractivity contribution in [2.75, 3.05) is 18.8 Å². The number of urea groups is 1. The lowest BCUT2D eigenvalue weighted by atomic mass is 10.2. The number of hydrogen-bond donors (Lipinski definition) is 1. The zero-order valence-corrected chi connectivity index (χ0v) is 12.4. The second kappa shape index (κ2) is 6.03. The van der Waals surface area contributed by atoms with Crippen LogP contribution in [0, 0.1) is 0 Å². The fraction of sp³-hybridized carbons (Fsp3) is 0.846. The van der Waals surface area contributed by atoms with Crippen molar-refractivity contribution in [3.8, 4) is 0 Å². The SMILES string of the molecule is CC1SCCN(C(=O)N(CCC(=O)O)C2CC2)C1C. The van der Waals surface area contributed by atoms with Gasteiger partial charge in [0, 0.05) is 36.2 Å². The van der Waals surface area contributed by atoms with Crippen LogP contribution < -0.4 is 0 Å². The maximum atomic E-state index is 12.6. The Morgan fingerprint density at radius 3 is 2.63 bits per heavy atom. The fourth-order valence-corrected chi connectivity index (χ4v) is 3.50. The van der Waals surface area contributed by atoms with Crippen LogP contribution in [0.5, 0.6) is 0 Å². The molecule has 0 radical (unpaired) electrons. The highest BCUT2D eigenvalue weighted by Gasteiger charge is 2.38. The topological polar surface area (TPSA) is 60.9 Å². The molecule has 1 aliphatic heterocycles. The van der Waals surface area contributed by atoms with E-state index in [0.717, 1.165) is 25.1 Å². The zero-order chi connectivity index (χ0) is 14.0. The minimum absolute atomic E-state index is 0.0309. The monoisotopic (exact) mass is 286 g/mol. The molecule has 0 spiro atoms. The molecule has 19 heavy (non-hydrogen) atoms. The van der Waals surface area contributed by atoms with Gasteiger partial charge in [0.25, 0.3) is 0 Å². The van der Waals surface area contributed by atoms with Crippen LogP contribution in [0.1, 0.15) is 33.1 Å². The number of rotatable bonds is 4. The molecule has 108 valence electrons. The Kier molecular flexibility index (Phi) is 4.60. The van der Waals surface area contributed by atoms with E-state index < -0.39 is 5.97 Å². The summed E-state index contributed by atoms with van der Waals surface area (Å²) in [4.78, 5) is 27.0. The molecule has 6 heteroatoms. The number of thioether (sulfide) groups is 1. The number of hydrogen-bond acceptors (Lipinski definition) is 3. The molecule has 2 rings (SSSR count). The lowest BCUT2D eigenvalue weighted by molar-refractivity contribution is -0.137. The Bertz CT molecular complexity index is 360. The molecule has 0 aromatic rings. The third-order valence-electron chi connectivity index (χ3n) is 3.93. The van der Waals surface area contributed by atoms with Gasteiger partial charge in [-0.1, -0.05) is 6.92 Å². The van der Waals surface area contributed by atoms with Crippen molar-refractivity contribution < 1.29 is 14.7 Å². The van der Waals surface area contributed by atoms with Gasteiger partial charge in [-0.3, -0.25) is 4.79 Å². The quantitative estimate of drug-likeness (QED) is 0.857. The van der Waals surface area contributed by atoms with Gasteiger partial charge in [0.2, 0.25) is 0 Å². The van der Waals surface area contributed by atoms with E-state index in [-0.39, 0.29) is 24.5 Å². The third-order valence-corrected chi connectivity index (χ3v) is 5.27. The minimum Gasteiger partial charge on any atom is -0.481 e. The molecule has 5 nitrogen and oxygen atoms in total. The summed E-state index contributed by atoms with van der Waals surface area (Å²) >= 11 is 1.89. The number of carbonyl (C=O) groups is 2. The lowest BCUT2D eigenvalue weighted by Crippen LogP contribution is -2.54. The number of amides is 2. The molecular weight excluding hydrogens is 264 g/mol. The van der Waals surface area contributed by atoms with Crippen molar-refractivity contribution in [1.82, 2.24) is 9.80 Å². The first-order valence-corrected chi connectivity index (χ1v) is 7.96. The number of aliphatic carboxylic acids is 1. The molecule has 2 atom stereocenters. The summed E-state index contributed by atoms with van der Waals surface area (Å²) in [5.74, 6) is 0.128. The van der Waals surface area contributed by atoms with Gasteiger partial charge in [-0.2, -0.15) is 11.8 Å². The van der Waals surface area contributed by atoms with Crippen molar-refractivity contribution in [3.05, 3.63) is 0 Å². The Morgan fingerprint density at radius 1 is 1.37 bits per heavy atom. The van der Waals surface area contributed by atoms with Crippen LogP contribution in [-0.4, -0.2) is 63.1 Å². The van der Waals surface area contributed by atoms with E-state index in [9.17, 15) is 9.59 Å². The first-order chi connectivity index (χ1) is 9.00. The number of carboxylic acids is 1. The molecule has 2 unspecified atom stereocenters. The smallest absolute Gasteiger partial charge is 0.320 e. The molecule has 2 fully saturated rings. The standard InChI is InChI=1S/C13H22N2O3S/c1-9-10(2)19-8-7-14(9)13(18)15(11-3-4-11)6-5-12(16)17/h9-11H,3-8H2,1-2H3,(H,16,17). The zero-order valence-electron chi connectivity index (χ0n) is 11.5. The Balaban J connectivity index is 1.99. The van der Waals surface area contributed by atoms with E-state index in [4.69, 9.17) is 5.11 Å². The predicted octanol–water partition coefficient (Wildman–Crippen LogP) is 1.87. The summed E-state index contributed by atoms with van der Waals surface area (Å²) in [6.45, 7) is 5.33. The summed E-state index contributed by atoms with van der Waals surface area (Å²) < 4.78 is 0. The van der Waals surface area contributed by atoms with Crippen LogP contribution in [-0.2, 0) is 4.79 Å². The van der Waals surface area contributed by atoms with Crippen LogP contribution in [0.2, 0.25) is 0 Å². The van der Waals surface area contributed by atoms with Gasteiger partial charge < -0.3 is 14.9 Å². The second-order valence-electron chi connectivity index (χ2n) is 5.36. The van der Waals surface area contributed by atoms with Gasteiger partial charge in [-0.05, 0) is 19.8 Å². The molecule has 1 saturated heterocycles. The van der Waals surface area contributed by atoms with Crippen LogP contribution in [0.25, 0.3) is 0 Å². The van der Waals surface area contributed by atoms with E-state index in [2.05, 4.69) is 13.8 Å². The summed E-state index contributed by atoms with van der Waals surface area (Å²) in [6.07, 6.45) is 2.06. The van der Waals surface area contributed by atoms with Crippen LogP contribution in [0.4, 0.5) is 4.79 Å². The molecule has 0 aromatic carbocycles. The molecule has 1 heterocycles. The molecule has 1 saturated carbocycles. The fourth-order valence-electron chi connectivity index (χ4n) is 2.40. The molecule has 0 bridgehead atoms. The van der Waals surface area contributed by atoms with Crippen LogP contribution in [0.3, 0.4) is 0 Å². The summed E-state index contributed by atoms with van der Waals surface area (Å²) in [7, 11) is 0. The molecule has 2 amide bonds. The first-order valence-electron chi connectivity index (χ1n) is 6.91. The van der Waals surface area contributed by atoms with Crippen molar-refractivity contribution >= 4 is 23.8 Å². The van der Waals surface area contributed by atoms with Gasteiger partial charge in [0.05, 0.1) is 6.42 Å². The maximum Gasteiger partial charge on any atom is 0.320 e. The minimum atomic E-state index is -0.839. The normalized spacial score (nSPS) is 27.2. The van der Waals surface area contributed by atoms with Gasteiger partial charge >= 0.3 is 12.0 Å². The molecular formula is C13H22N2O3S. The van der Waals surface area contributed by atoms with E-state index >= 15 is 0 Å². The predicted molar refractivity (Wildman–Crippen MR) is 75.5 cm³/mol. The highest BCUT2D eigenvalue weighted by atomic mass is 32.2. The molecule has 2 aliphatic rings. The molecule has 1 N–H and O–H groups in total. The van der Waals surface area contributed by atoms with E-state index in [1.165, 1.54) is 0 Å². The van der Waals surface area contributed by atoms with E-state index in [0.29, 0.717) is 11.8 Å². The highest BCUT2D eigenvalue weighted by molar-refractivity contribution is 8.00. The highest BCUT2D eigenvalue weighted by Crippen LogP contribution is 2.31. The lowest BCUT2D eigenvalue weighted by Gasteiger charge is -2.40. The number of nitrogens with zero attached hydrogens (tertiary/aromatic N) is 2. The van der Waals surface area contributed by atoms with Crippen molar-refractivity contribution in [1.29, 1.82) is 0 Å². The Hall–Kier alpha value is -0.910. The van der Waals surface area contributed by atoms with Gasteiger partial charge in [-0.15, -0.1) is 0 Å². The van der Waals surface area contributed by atoms with Crippen LogP contribution in [0.15, 0.2) is 0 Å². The van der Waals surface area contributed by atoms with Crippen molar-refractivity contribution in [2.24, 2.45) is 0 Å². The van der Waals surface area contributed by atoms with Crippen molar-refractivity contribution in [3.63, 3.8) is 0 Å².